The topological polar surface area (TPSA) is 62.3 Å². The largest absolute Gasteiger partial charge is 0.496 e. The fraction of sp³-hybridized carbons (Fsp3) is 0.300. The standard InChI is InChI=1S/C20H20N4O/c1-21-19-20(5-3-6-20)14-9-18(25-2)13(8-17(14)24-19)16-10-15-12(11-23-16)4-7-22-15/h4,7-11,22H,3,5-6H2,1-2H3,(H,21,24). The lowest BCUT2D eigenvalue weighted by Crippen LogP contribution is -2.45. The van der Waals surface area contributed by atoms with Gasteiger partial charge in [-0.3, -0.25) is 4.98 Å². The number of fused-ring (bicyclic) bond motifs is 3. The first-order chi connectivity index (χ1) is 12.2. The molecule has 5 nitrogen and oxygen atoms in total. The minimum atomic E-state index is 0.0622. The van der Waals surface area contributed by atoms with Gasteiger partial charge in [0.05, 0.1) is 23.9 Å². The zero-order chi connectivity index (χ0) is 17.0. The monoisotopic (exact) mass is 332 g/mol. The van der Waals surface area contributed by atoms with Crippen LogP contribution in [0.5, 0.6) is 5.75 Å². The van der Waals surface area contributed by atoms with Crippen LogP contribution in [0.15, 0.2) is 41.7 Å². The molecule has 1 aliphatic carbocycles. The summed E-state index contributed by atoms with van der Waals surface area (Å²) >= 11 is 0. The Morgan fingerprint density at radius 2 is 2.12 bits per heavy atom. The lowest BCUT2D eigenvalue weighted by molar-refractivity contribution is 0.338. The number of H-pyrrole nitrogens is 1. The molecule has 0 saturated heterocycles. The van der Waals surface area contributed by atoms with Gasteiger partial charge in [0.25, 0.3) is 0 Å². The predicted molar refractivity (Wildman–Crippen MR) is 99.8 cm³/mol. The van der Waals surface area contributed by atoms with Crippen molar-refractivity contribution in [1.82, 2.24) is 15.3 Å². The van der Waals surface area contributed by atoms with Crippen LogP contribution in [-0.2, 0) is 5.41 Å². The number of ether oxygens (including phenoxy) is 1. The molecule has 25 heavy (non-hydrogen) atoms. The number of aromatic amines is 1. The Morgan fingerprint density at radius 3 is 2.84 bits per heavy atom. The van der Waals surface area contributed by atoms with Crippen LogP contribution in [0.2, 0.25) is 0 Å². The first-order valence-electron chi connectivity index (χ1n) is 8.68. The lowest BCUT2D eigenvalue weighted by Gasteiger charge is -2.40. The molecule has 2 aromatic heterocycles. The number of pyridine rings is 1. The molecule has 1 spiro atoms. The fourth-order valence-electron chi connectivity index (χ4n) is 4.19. The maximum atomic E-state index is 5.73. The van der Waals surface area contributed by atoms with Gasteiger partial charge < -0.3 is 15.0 Å². The van der Waals surface area contributed by atoms with E-state index in [2.05, 4.69) is 33.5 Å². The summed E-state index contributed by atoms with van der Waals surface area (Å²) in [5.41, 5.74) is 5.33. The van der Waals surface area contributed by atoms with Gasteiger partial charge in [0.15, 0.2) is 0 Å². The number of hydrogen-bond acceptors (Lipinski definition) is 4. The first-order valence-corrected chi connectivity index (χ1v) is 8.68. The summed E-state index contributed by atoms with van der Waals surface area (Å²) in [7, 11) is 3.68. The minimum absolute atomic E-state index is 0.0622. The molecule has 2 aliphatic rings. The molecule has 2 N–H and O–H groups in total. The van der Waals surface area contributed by atoms with E-state index in [1.165, 1.54) is 12.0 Å². The summed E-state index contributed by atoms with van der Waals surface area (Å²) in [5, 5.41) is 4.41. The number of amidine groups is 1. The second-order valence-corrected chi connectivity index (χ2v) is 6.85. The Hall–Kier alpha value is -2.82. The van der Waals surface area contributed by atoms with E-state index >= 15 is 0 Å². The van der Waals surface area contributed by atoms with Crippen LogP contribution in [0.1, 0.15) is 24.8 Å². The molecule has 0 amide bonds. The molecule has 0 unspecified atom stereocenters. The van der Waals surface area contributed by atoms with Crippen molar-refractivity contribution in [1.29, 1.82) is 0 Å². The van der Waals surface area contributed by atoms with Crippen molar-refractivity contribution in [3.63, 3.8) is 0 Å². The van der Waals surface area contributed by atoms with Crippen LogP contribution in [0, 0.1) is 0 Å². The third-order valence-corrected chi connectivity index (χ3v) is 5.68. The molecule has 5 heteroatoms. The van der Waals surface area contributed by atoms with Gasteiger partial charge in [-0.1, -0.05) is 6.42 Å². The summed E-state index contributed by atoms with van der Waals surface area (Å²) in [6.07, 6.45) is 7.36. The molecule has 0 bridgehead atoms. The van der Waals surface area contributed by atoms with Gasteiger partial charge in [-0.15, -0.1) is 0 Å². The quantitative estimate of drug-likeness (QED) is 0.747. The molecule has 0 atom stereocenters. The smallest absolute Gasteiger partial charge is 0.128 e. The van der Waals surface area contributed by atoms with E-state index in [-0.39, 0.29) is 5.41 Å². The average Bonchev–Trinajstić information content (AvgIpc) is 3.20. The number of likely N-dealkylation sites (N-methyl/N-ethyl adjacent to an activating group) is 1. The first kappa shape index (κ1) is 14.5. The van der Waals surface area contributed by atoms with Gasteiger partial charge in [0.2, 0.25) is 0 Å². The second-order valence-electron chi connectivity index (χ2n) is 6.85. The third-order valence-electron chi connectivity index (χ3n) is 5.68. The Labute approximate surface area is 146 Å². The highest BCUT2D eigenvalue weighted by Crippen LogP contribution is 2.54. The molecule has 3 aromatic rings. The van der Waals surface area contributed by atoms with E-state index in [4.69, 9.17) is 9.73 Å². The third kappa shape index (κ3) is 1.89. The van der Waals surface area contributed by atoms with E-state index in [0.717, 1.165) is 52.3 Å². The molecular weight excluding hydrogens is 312 g/mol. The highest BCUT2D eigenvalue weighted by Gasteiger charge is 2.48. The van der Waals surface area contributed by atoms with Crippen LogP contribution in [0.25, 0.3) is 22.2 Å². The molecule has 1 saturated carbocycles. The van der Waals surface area contributed by atoms with E-state index in [1.54, 1.807) is 7.11 Å². The molecule has 3 heterocycles. The lowest BCUT2D eigenvalue weighted by atomic mass is 9.64. The molecule has 0 radical (unpaired) electrons. The average molecular weight is 332 g/mol. The molecule has 1 aromatic carbocycles. The number of methoxy groups -OCH3 is 1. The van der Waals surface area contributed by atoms with Crippen molar-refractivity contribution in [3.8, 4) is 17.0 Å². The number of hydrogen-bond donors (Lipinski definition) is 2. The van der Waals surface area contributed by atoms with Gasteiger partial charge in [0.1, 0.15) is 11.6 Å². The normalized spacial score (nSPS) is 17.3. The van der Waals surface area contributed by atoms with Crippen LogP contribution >= 0.6 is 0 Å². The highest BCUT2D eigenvalue weighted by atomic mass is 16.5. The number of nitrogens with zero attached hydrogens (tertiary/aromatic N) is 2. The van der Waals surface area contributed by atoms with Crippen LogP contribution < -0.4 is 10.1 Å². The summed E-state index contributed by atoms with van der Waals surface area (Å²) in [6.45, 7) is 0. The van der Waals surface area contributed by atoms with Gasteiger partial charge in [-0.05, 0) is 42.7 Å². The van der Waals surface area contributed by atoms with Crippen LogP contribution in [0.3, 0.4) is 0 Å². The number of nitrogens with one attached hydrogen (secondary N) is 2. The van der Waals surface area contributed by atoms with Gasteiger partial charge >= 0.3 is 0 Å². The summed E-state index contributed by atoms with van der Waals surface area (Å²) < 4.78 is 5.73. The zero-order valence-electron chi connectivity index (χ0n) is 14.4. The second kappa shape index (κ2) is 5.09. The van der Waals surface area contributed by atoms with Gasteiger partial charge in [-0.25, -0.2) is 4.99 Å². The van der Waals surface area contributed by atoms with Crippen molar-refractivity contribution in [2.75, 3.05) is 14.2 Å². The van der Waals surface area contributed by atoms with E-state index in [0.29, 0.717) is 0 Å². The molecule has 126 valence electrons. The minimum Gasteiger partial charge on any atom is -0.496 e. The Kier molecular flexibility index (Phi) is 2.95. The van der Waals surface area contributed by atoms with Crippen molar-refractivity contribution in [3.05, 3.63) is 42.2 Å². The Bertz CT molecular complexity index is 1010. The van der Waals surface area contributed by atoms with Crippen molar-refractivity contribution < 1.29 is 4.74 Å². The predicted octanol–water partition coefficient (Wildman–Crippen LogP) is 3.92. The molecule has 5 rings (SSSR count). The zero-order valence-corrected chi connectivity index (χ0v) is 14.4. The molecular formula is C20H20N4O. The van der Waals surface area contributed by atoms with E-state index in [1.807, 2.05) is 25.5 Å². The maximum absolute atomic E-state index is 5.73. The number of aromatic nitrogens is 2. The number of aliphatic imine (C=N–C) groups is 1. The Balaban J connectivity index is 1.70. The molecule has 1 aliphatic heterocycles. The highest BCUT2D eigenvalue weighted by molar-refractivity contribution is 6.02. The number of rotatable bonds is 2. The fourth-order valence-corrected chi connectivity index (χ4v) is 4.19. The van der Waals surface area contributed by atoms with Crippen molar-refractivity contribution in [2.45, 2.75) is 24.7 Å². The van der Waals surface area contributed by atoms with Gasteiger partial charge in [0, 0.05) is 35.9 Å². The van der Waals surface area contributed by atoms with Crippen LogP contribution in [0.4, 0.5) is 5.69 Å². The van der Waals surface area contributed by atoms with E-state index in [9.17, 15) is 0 Å². The van der Waals surface area contributed by atoms with Crippen LogP contribution in [-0.4, -0.2) is 30.0 Å². The summed E-state index contributed by atoms with van der Waals surface area (Å²) in [6, 6.07) is 8.38. The maximum Gasteiger partial charge on any atom is 0.128 e. The Morgan fingerprint density at radius 1 is 1.24 bits per heavy atom. The van der Waals surface area contributed by atoms with Crippen molar-refractivity contribution in [2.24, 2.45) is 4.99 Å². The summed E-state index contributed by atoms with van der Waals surface area (Å²) in [4.78, 5) is 12.8. The van der Waals surface area contributed by atoms with Crippen molar-refractivity contribution >= 4 is 22.4 Å². The SMILES string of the molecule is CNC1=Nc2cc(-c3cc4[nH]ccc4cn3)c(OC)cc2C12CCC2. The number of benzene rings is 1. The van der Waals surface area contributed by atoms with E-state index < -0.39 is 0 Å². The van der Waals surface area contributed by atoms with Gasteiger partial charge in [-0.2, -0.15) is 0 Å². The molecule has 1 fully saturated rings. The summed E-state index contributed by atoms with van der Waals surface area (Å²) in [5.74, 6) is 1.94.